The monoisotopic (exact) mass is 322 g/mol. The van der Waals surface area contributed by atoms with Gasteiger partial charge in [0.15, 0.2) is 0 Å². The van der Waals surface area contributed by atoms with E-state index in [4.69, 9.17) is 0 Å². The Morgan fingerprint density at radius 2 is 1.11 bits per heavy atom. The molecular formula is C14H26O4Zn. The van der Waals surface area contributed by atoms with Crippen molar-refractivity contribution in [2.75, 3.05) is 13.2 Å². The molecular weight excluding hydrogens is 298 g/mol. The van der Waals surface area contributed by atoms with Crippen LogP contribution in [0, 0.1) is 13.8 Å². The summed E-state index contributed by atoms with van der Waals surface area (Å²) in [5.74, 6) is -0.391. The molecule has 19 heavy (non-hydrogen) atoms. The van der Waals surface area contributed by atoms with Gasteiger partial charge in [0.1, 0.15) is 0 Å². The van der Waals surface area contributed by atoms with Crippen LogP contribution in [0.4, 0.5) is 0 Å². The van der Waals surface area contributed by atoms with E-state index in [1.165, 1.54) is 13.8 Å². The van der Waals surface area contributed by atoms with E-state index in [-0.39, 0.29) is 31.4 Å². The summed E-state index contributed by atoms with van der Waals surface area (Å²) in [7, 11) is 0. The summed E-state index contributed by atoms with van der Waals surface area (Å²) in [4.78, 5) is 20.3. The van der Waals surface area contributed by atoms with E-state index in [1.54, 1.807) is 0 Å². The second kappa shape index (κ2) is 19.9. The first kappa shape index (κ1) is 23.6. The van der Waals surface area contributed by atoms with Crippen LogP contribution in [-0.2, 0) is 38.5 Å². The number of unbranched alkanes of at least 4 members (excludes halogenated alkanes) is 4. The predicted molar refractivity (Wildman–Crippen MR) is 71.7 cm³/mol. The normalized spacial score (nSPS) is 8.63. The van der Waals surface area contributed by atoms with Crippen LogP contribution >= 0.6 is 0 Å². The molecule has 0 bridgehead atoms. The van der Waals surface area contributed by atoms with Gasteiger partial charge in [0.05, 0.1) is 13.2 Å². The molecule has 0 radical (unpaired) electrons. The van der Waals surface area contributed by atoms with E-state index in [9.17, 15) is 9.59 Å². The average molecular weight is 324 g/mol. The molecule has 0 amide bonds. The number of ether oxygens (including phenoxy) is 2. The van der Waals surface area contributed by atoms with Crippen molar-refractivity contribution in [2.45, 2.75) is 52.4 Å². The predicted octanol–water partition coefficient (Wildman–Crippen LogP) is 3.11. The molecule has 0 fully saturated rings. The molecule has 4 nitrogen and oxygen atoms in total. The van der Waals surface area contributed by atoms with Crippen molar-refractivity contribution in [3.63, 3.8) is 0 Å². The molecule has 0 aliphatic heterocycles. The van der Waals surface area contributed by atoms with Gasteiger partial charge in [-0.1, -0.05) is 12.8 Å². The van der Waals surface area contributed by atoms with Crippen molar-refractivity contribution in [3.05, 3.63) is 13.8 Å². The van der Waals surface area contributed by atoms with Gasteiger partial charge in [0.2, 0.25) is 0 Å². The minimum absolute atomic E-state index is 0. The van der Waals surface area contributed by atoms with Crippen LogP contribution in [0.5, 0.6) is 0 Å². The third kappa shape index (κ3) is 31.8. The number of rotatable bonds is 8. The Labute approximate surface area is 130 Å². The summed E-state index contributed by atoms with van der Waals surface area (Å²) in [5.41, 5.74) is 0. The number of carbonyl (C=O) groups is 2. The Hall–Kier alpha value is -0.437. The van der Waals surface area contributed by atoms with E-state index >= 15 is 0 Å². The average Bonchev–Trinajstić information content (AvgIpc) is 2.31. The van der Waals surface area contributed by atoms with E-state index in [0.717, 1.165) is 38.5 Å². The Kier molecular flexibility index (Phi) is 24.8. The smallest absolute Gasteiger partial charge is 0.466 e. The molecule has 0 saturated heterocycles. The fourth-order valence-corrected chi connectivity index (χ4v) is 0.989. The Balaban J connectivity index is -0.000000256. The van der Waals surface area contributed by atoms with Gasteiger partial charge >= 0.3 is 31.4 Å². The molecule has 0 aromatic rings. The second-order valence-corrected chi connectivity index (χ2v) is 3.80. The van der Waals surface area contributed by atoms with Crippen LogP contribution in [-0.4, -0.2) is 25.2 Å². The minimum atomic E-state index is -0.195. The maximum Gasteiger partial charge on any atom is 2.00 e. The molecule has 0 aliphatic rings. The summed E-state index contributed by atoms with van der Waals surface area (Å²) in [6.07, 6.45) is 5.77. The first-order valence-corrected chi connectivity index (χ1v) is 6.39. The molecule has 5 heteroatoms. The molecule has 0 aromatic heterocycles. The number of hydrogen-bond donors (Lipinski definition) is 0. The van der Waals surface area contributed by atoms with E-state index in [1.807, 2.05) is 0 Å². The molecule has 108 valence electrons. The number of hydrogen-bond acceptors (Lipinski definition) is 4. The Morgan fingerprint density at radius 1 is 0.789 bits per heavy atom. The van der Waals surface area contributed by atoms with E-state index in [2.05, 4.69) is 23.3 Å². The summed E-state index contributed by atoms with van der Waals surface area (Å²) in [6, 6.07) is 0. The van der Waals surface area contributed by atoms with Crippen molar-refractivity contribution in [2.24, 2.45) is 0 Å². The van der Waals surface area contributed by atoms with Gasteiger partial charge < -0.3 is 23.3 Å². The molecule has 0 aromatic carbocycles. The number of esters is 2. The van der Waals surface area contributed by atoms with Crippen LogP contribution < -0.4 is 0 Å². The SMILES string of the molecule is [CH2-]CCCCOC(C)=O.[CH2-]CCCCOC(C)=O.[Zn+2]. The van der Waals surface area contributed by atoms with Gasteiger partial charge in [0.25, 0.3) is 0 Å². The largest absolute Gasteiger partial charge is 2.00 e. The minimum Gasteiger partial charge on any atom is -0.466 e. The summed E-state index contributed by atoms with van der Waals surface area (Å²) in [5, 5.41) is 0. The fourth-order valence-electron chi connectivity index (χ4n) is 0.989. The zero-order valence-electron chi connectivity index (χ0n) is 12.4. The summed E-state index contributed by atoms with van der Waals surface area (Å²) in [6.45, 7) is 11.3. The Morgan fingerprint density at radius 3 is 1.32 bits per heavy atom. The zero-order valence-corrected chi connectivity index (χ0v) is 15.4. The van der Waals surface area contributed by atoms with Crippen molar-refractivity contribution in [1.82, 2.24) is 0 Å². The standard InChI is InChI=1S/2C7H13O2.Zn/c2*1-3-4-5-6-9-7(2)8;/h2*1,3-6H2,2H3;/q2*-1;+2. The third-order valence-electron chi connectivity index (χ3n) is 1.90. The van der Waals surface area contributed by atoms with Crippen molar-refractivity contribution in [1.29, 1.82) is 0 Å². The first-order chi connectivity index (χ1) is 8.54. The quantitative estimate of drug-likeness (QED) is 0.298. The van der Waals surface area contributed by atoms with Crippen LogP contribution in [0.15, 0.2) is 0 Å². The van der Waals surface area contributed by atoms with E-state index < -0.39 is 0 Å². The van der Waals surface area contributed by atoms with Crippen LogP contribution in [0.2, 0.25) is 0 Å². The summed E-state index contributed by atoms with van der Waals surface area (Å²) < 4.78 is 9.35. The summed E-state index contributed by atoms with van der Waals surface area (Å²) >= 11 is 0. The molecule has 0 heterocycles. The van der Waals surface area contributed by atoms with Crippen molar-refractivity contribution in [3.8, 4) is 0 Å². The third-order valence-corrected chi connectivity index (χ3v) is 1.90. The number of carbonyl (C=O) groups excluding carboxylic acids is 2. The van der Waals surface area contributed by atoms with Gasteiger partial charge in [0, 0.05) is 13.8 Å². The van der Waals surface area contributed by atoms with Crippen molar-refractivity contribution >= 4 is 11.9 Å². The van der Waals surface area contributed by atoms with Gasteiger partial charge in [-0.25, -0.2) is 0 Å². The van der Waals surface area contributed by atoms with Gasteiger partial charge in [-0.05, 0) is 12.8 Å². The van der Waals surface area contributed by atoms with Gasteiger partial charge in [-0.2, -0.15) is 12.8 Å². The van der Waals surface area contributed by atoms with Crippen LogP contribution in [0.3, 0.4) is 0 Å². The molecule has 0 atom stereocenters. The molecule has 0 spiro atoms. The topological polar surface area (TPSA) is 52.6 Å². The van der Waals surface area contributed by atoms with Crippen LogP contribution in [0.25, 0.3) is 0 Å². The second-order valence-electron chi connectivity index (χ2n) is 3.80. The van der Waals surface area contributed by atoms with Crippen molar-refractivity contribution < 1.29 is 38.5 Å². The molecule has 0 aliphatic carbocycles. The molecule has 0 rings (SSSR count). The molecule has 0 saturated carbocycles. The maximum atomic E-state index is 10.2. The molecule has 0 unspecified atom stereocenters. The van der Waals surface area contributed by atoms with E-state index in [0.29, 0.717) is 13.2 Å². The fraction of sp³-hybridized carbons (Fsp3) is 0.714. The molecule has 0 N–H and O–H groups in total. The Bertz CT molecular complexity index is 186. The zero-order chi connectivity index (χ0) is 14.2. The van der Waals surface area contributed by atoms with Crippen LogP contribution in [0.1, 0.15) is 52.4 Å². The van der Waals surface area contributed by atoms with Gasteiger partial charge in [-0.3, -0.25) is 9.59 Å². The maximum absolute atomic E-state index is 10.2. The first-order valence-electron chi connectivity index (χ1n) is 6.39. The van der Waals surface area contributed by atoms with Gasteiger partial charge in [-0.15, -0.1) is 0 Å².